The monoisotopic (exact) mass is 363 g/mol. The number of fused-ring (bicyclic) bond motifs is 2. The van der Waals surface area contributed by atoms with Gasteiger partial charge in [0.2, 0.25) is 5.91 Å². The SMILES string of the molecule is Cc1cc(C)c2[nH]c(C)c(CC(=O)NCc3cc4cc(F)ccc4[nH]3)c2c1. The molecule has 2 heterocycles. The Labute approximate surface area is 156 Å². The Balaban J connectivity index is 1.51. The number of amides is 1. The van der Waals surface area contributed by atoms with E-state index in [2.05, 4.69) is 41.3 Å². The van der Waals surface area contributed by atoms with Gasteiger partial charge < -0.3 is 15.3 Å². The van der Waals surface area contributed by atoms with E-state index in [0.717, 1.165) is 38.8 Å². The van der Waals surface area contributed by atoms with Crippen LogP contribution in [0.2, 0.25) is 0 Å². The largest absolute Gasteiger partial charge is 0.358 e. The number of benzene rings is 2. The fraction of sp³-hybridized carbons (Fsp3) is 0.227. The molecule has 2 aromatic heterocycles. The van der Waals surface area contributed by atoms with E-state index in [1.54, 1.807) is 6.07 Å². The minimum atomic E-state index is -0.266. The van der Waals surface area contributed by atoms with Crippen molar-refractivity contribution >= 4 is 27.7 Å². The van der Waals surface area contributed by atoms with Crippen LogP contribution in [0.5, 0.6) is 0 Å². The van der Waals surface area contributed by atoms with Crippen molar-refractivity contribution in [3.8, 4) is 0 Å². The van der Waals surface area contributed by atoms with Gasteiger partial charge in [-0.05, 0) is 62.2 Å². The summed E-state index contributed by atoms with van der Waals surface area (Å²) in [5.74, 6) is -0.305. The zero-order valence-corrected chi connectivity index (χ0v) is 15.7. The standard InChI is InChI=1S/C22H22FN3O/c1-12-6-13(2)22-19(7-12)18(14(3)25-22)10-21(27)24-11-17-9-15-8-16(23)4-5-20(15)26-17/h4-9,25-26H,10-11H2,1-3H3,(H,24,27). The fourth-order valence-electron chi connectivity index (χ4n) is 3.74. The summed E-state index contributed by atoms with van der Waals surface area (Å²) in [5, 5.41) is 4.87. The molecule has 0 saturated carbocycles. The molecular weight excluding hydrogens is 341 g/mol. The number of hydrogen-bond acceptors (Lipinski definition) is 1. The van der Waals surface area contributed by atoms with Crippen LogP contribution in [0, 0.1) is 26.6 Å². The highest BCUT2D eigenvalue weighted by Crippen LogP contribution is 2.26. The van der Waals surface area contributed by atoms with Gasteiger partial charge in [0.05, 0.1) is 13.0 Å². The minimum absolute atomic E-state index is 0.0389. The minimum Gasteiger partial charge on any atom is -0.358 e. The molecule has 3 N–H and O–H groups in total. The van der Waals surface area contributed by atoms with Crippen molar-refractivity contribution in [2.24, 2.45) is 0 Å². The molecular formula is C22H22FN3O. The molecule has 5 heteroatoms. The molecule has 4 aromatic rings. The second-order valence-corrected chi connectivity index (χ2v) is 7.21. The highest BCUT2D eigenvalue weighted by atomic mass is 19.1. The Morgan fingerprint density at radius 1 is 1.07 bits per heavy atom. The van der Waals surface area contributed by atoms with Crippen molar-refractivity contribution < 1.29 is 9.18 Å². The zero-order chi connectivity index (χ0) is 19.1. The van der Waals surface area contributed by atoms with Crippen LogP contribution in [0.15, 0.2) is 36.4 Å². The van der Waals surface area contributed by atoms with E-state index in [9.17, 15) is 9.18 Å². The molecule has 1 amide bonds. The average molecular weight is 363 g/mol. The number of H-pyrrole nitrogens is 2. The average Bonchev–Trinajstić information content (AvgIpc) is 3.14. The molecule has 0 bridgehead atoms. The normalized spacial score (nSPS) is 11.4. The highest BCUT2D eigenvalue weighted by molar-refractivity contribution is 5.92. The molecule has 0 fully saturated rings. The Kier molecular flexibility index (Phi) is 4.22. The van der Waals surface area contributed by atoms with Crippen LogP contribution in [0.25, 0.3) is 21.8 Å². The van der Waals surface area contributed by atoms with Crippen molar-refractivity contribution in [1.82, 2.24) is 15.3 Å². The van der Waals surface area contributed by atoms with Gasteiger partial charge in [-0.2, -0.15) is 0 Å². The van der Waals surface area contributed by atoms with Crippen LogP contribution in [-0.4, -0.2) is 15.9 Å². The predicted octanol–water partition coefficient (Wildman–Crippen LogP) is 4.57. The second-order valence-electron chi connectivity index (χ2n) is 7.21. The number of aromatic amines is 2. The lowest BCUT2D eigenvalue weighted by Gasteiger charge is -2.05. The lowest BCUT2D eigenvalue weighted by atomic mass is 10.0. The number of halogens is 1. The smallest absolute Gasteiger partial charge is 0.224 e. The summed E-state index contributed by atoms with van der Waals surface area (Å²) in [4.78, 5) is 19.1. The molecule has 4 nitrogen and oxygen atoms in total. The van der Waals surface area contributed by atoms with E-state index in [0.29, 0.717) is 13.0 Å². The molecule has 0 aliphatic carbocycles. The van der Waals surface area contributed by atoms with Gasteiger partial charge in [-0.3, -0.25) is 4.79 Å². The zero-order valence-electron chi connectivity index (χ0n) is 15.7. The number of hydrogen-bond donors (Lipinski definition) is 3. The Morgan fingerprint density at radius 3 is 2.70 bits per heavy atom. The van der Waals surface area contributed by atoms with Gasteiger partial charge in [-0.25, -0.2) is 4.39 Å². The highest BCUT2D eigenvalue weighted by Gasteiger charge is 2.14. The topological polar surface area (TPSA) is 60.7 Å². The molecule has 0 unspecified atom stereocenters. The van der Waals surface area contributed by atoms with Crippen LogP contribution in [-0.2, 0) is 17.8 Å². The van der Waals surface area contributed by atoms with Gasteiger partial charge in [0.25, 0.3) is 0 Å². The van der Waals surface area contributed by atoms with Gasteiger partial charge in [0.1, 0.15) is 5.82 Å². The maximum atomic E-state index is 13.3. The van der Waals surface area contributed by atoms with Crippen LogP contribution in [0.4, 0.5) is 4.39 Å². The van der Waals surface area contributed by atoms with Crippen LogP contribution >= 0.6 is 0 Å². The molecule has 0 spiro atoms. The Morgan fingerprint density at radius 2 is 1.89 bits per heavy atom. The van der Waals surface area contributed by atoms with Gasteiger partial charge in [-0.15, -0.1) is 0 Å². The van der Waals surface area contributed by atoms with Gasteiger partial charge in [0, 0.05) is 33.2 Å². The lowest BCUT2D eigenvalue weighted by molar-refractivity contribution is -0.120. The third-order valence-electron chi connectivity index (χ3n) is 5.02. The molecule has 4 rings (SSSR count). The third-order valence-corrected chi connectivity index (χ3v) is 5.02. The summed E-state index contributed by atoms with van der Waals surface area (Å²) in [6.07, 6.45) is 0.323. The summed E-state index contributed by atoms with van der Waals surface area (Å²) in [7, 11) is 0. The van der Waals surface area contributed by atoms with E-state index in [4.69, 9.17) is 0 Å². The van der Waals surface area contributed by atoms with E-state index < -0.39 is 0 Å². The first kappa shape index (κ1) is 17.3. The number of carbonyl (C=O) groups is 1. The summed E-state index contributed by atoms with van der Waals surface area (Å²) in [5.41, 5.74) is 7.24. The molecule has 138 valence electrons. The van der Waals surface area contributed by atoms with Crippen molar-refractivity contribution in [1.29, 1.82) is 0 Å². The molecule has 0 aliphatic rings. The summed E-state index contributed by atoms with van der Waals surface area (Å²) < 4.78 is 13.3. The summed E-state index contributed by atoms with van der Waals surface area (Å²) in [6, 6.07) is 10.7. The summed E-state index contributed by atoms with van der Waals surface area (Å²) >= 11 is 0. The maximum absolute atomic E-state index is 13.3. The maximum Gasteiger partial charge on any atom is 0.224 e. The number of carbonyl (C=O) groups excluding carboxylic acids is 1. The molecule has 0 aliphatic heterocycles. The first-order chi connectivity index (χ1) is 12.9. The van der Waals surface area contributed by atoms with E-state index >= 15 is 0 Å². The summed E-state index contributed by atoms with van der Waals surface area (Å²) in [6.45, 7) is 6.53. The van der Waals surface area contributed by atoms with E-state index in [-0.39, 0.29) is 11.7 Å². The van der Waals surface area contributed by atoms with Crippen LogP contribution in [0.1, 0.15) is 28.1 Å². The van der Waals surface area contributed by atoms with Gasteiger partial charge in [-0.1, -0.05) is 11.6 Å². The molecule has 27 heavy (non-hydrogen) atoms. The number of aromatic nitrogens is 2. The number of aryl methyl sites for hydroxylation is 3. The molecule has 0 saturated heterocycles. The molecule has 0 radical (unpaired) electrons. The Hall–Kier alpha value is -3.08. The van der Waals surface area contributed by atoms with E-state index in [1.807, 2.05) is 13.0 Å². The predicted molar refractivity (Wildman–Crippen MR) is 106 cm³/mol. The van der Waals surface area contributed by atoms with Crippen molar-refractivity contribution in [3.05, 3.63) is 70.3 Å². The van der Waals surface area contributed by atoms with Crippen molar-refractivity contribution in [2.75, 3.05) is 0 Å². The second kappa shape index (κ2) is 6.58. The third kappa shape index (κ3) is 3.33. The van der Waals surface area contributed by atoms with Crippen LogP contribution in [0.3, 0.4) is 0 Å². The molecule has 2 aromatic carbocycles. The molecule has 0 atom stereocenters. The van der Waals surface area contributed by atoms with Crippen molar-refractivity contribution in [2.45, 2.75) is 33.7 Å². The first-order valence-corrected chi connectivity index (χ1v) is 9.03. The number of rotatable bonds is 4. The van der Waals surface area contributed by atoms with Gasteiger partial charge >= 0.3 is 0 Å². The quantitative estimate of drug-likeness (QED) is 0.489. The van der Waals surface area contributed by atoms with Crippen molar-refractivity contribution in [3.63, 3.8) is 0 Å². The van der Waals surface area contributed by atoms with Crippen LogP contribution < -0.4 is 5.32 Å². The lowest BCUT2D eigenvalue weighted by Crippen LogP contribution is -2.24. The van der Waals surface area contributed by atoms with Gasteiger partial charge in [0.15, 0.2) is 0 Å². The Bertz CT molecular complexity index is 1170. The fourth-order valence-corrected chi connectivity index (χ4v) is 3.74. The number of nitrogens with one attached hydrogen (secondary N) is 3. The van der Waals surface area contributed by atoms with E-state index in [1.165, 1.54) is 23.3 Å². The first-order valence-electron chi connectivity index (χ1n) is 9.03.